The maximum atomic E-state index is 12.2. The number of nitrogens with two attached hydrogens (primary N) is 1. The van der Waals surface area contributed by atoms with E-state index in [1.54, 1.807) is 36.4 Å². The first-order valence-corrected chi connectivity index (χ1v) is 8.29. The summed E-state index contributed by atoms with van der Waals surface area (Å²) in [6.45, 7) is 0. The molecule has 0 heterocycles. The van der Waals surface area contributed by atoms with E-state index in [4.69, 9.17) is 5.73 Å². The lowest BCUT2D eigenvalue weighted by Gasteiger charge is -2.10. The monoisotopic (exact) mass is 404 g/mol. The van der Waals surface area contributed by atoms with Crippen LogP contribution in [0.15, 0.2) is 56.3 Å². The second-order valence-corrected chi connectivity index (χ2v) is 7.28. The van der Waals surface area contributed by atoms with Crippen molar-refractivity contribution in [3.63, 3.8) is 0 Å². The molecule has 3 N–H and O–H groups in total. The van der Waals surface area contributed by atoms with Crippen LogP contribution < -0.4 is 10.5 Å². The molecular weight excluding hydrogens is 396 g/mol. The van der Waals surface area contributed by atoms with Gasteiger partial charge in [0.2, 0.25) is 0 Å². The van der Waals surface area contributed by atoms with Gasteiger partial charge in [-0.3, -0.25) is 4.72 Å². The first kappa shape index (κ1) is 14.4. The maximum absolute atomic E-state index is 12.2. The predicted octanol–water partition coefficient (Wildman–Crippen LogP) is 3.59. The van der Waals surface area contributed by atoms with Gasteiger partial charge in [0, 0.05) is 14.6 Å². The summed E-state index contributed by atoms with van der Waals surface area (Å²) >= 11 is 6.52. The van der Waals surface area contributed by atoms with Crippen molar-refractivity contribution in [2.45, 2.75) is 4.90 Å². The zero-order chi connectivity index (χ0) is 14.0. The molecule has 0 amide bonds. The third kappa shape index (κ3) is 3.49. The molecule has 4 nitrogen and oxygen atoms in total. The van der Waals surface area contributed by atoms with Crippen molar-refractivity contribution in [2.24, 2.45) is 0 Å². The van der Waals surface area contributed by atoms with E-state index in [2.05, 4.69) is 36.6 Å². The zero-order valence-corrected chi connectivity index (χ0v) is 13.6. The number of nitrogens with one attached hydrogen (secondary N) is 1. The summed E-state index contributed by atoms with van der Waals surface area (Å²) in [5.41, 5.74) is 6.38. The summed E-state index contributed by atoms with van der Waals surface area (Å²) in [6, 6.07) is 11.5. The van der Waals surface area contributed by atoms with E-state index in [0.717, 1.165) is 4.47 Å². The highest BCUT2D eigenvalue weighted by molar-refractivity contribution is 9.10. The fourth-order valence-electron chi connectivity index (χ4n) is 1.47. The van der Waals surface area contributed by atoms with E-state index in [0.29, 0.717) is 10.2 Å². The van der Waals surface area contributed by atoms with Crippen LogP contribution in [-0.4, -0.2) is 8.42 Å². The number of sulfonamides is 1. The van der Waals surface area contributed by atoms with Gasteiger partial charge < -0.3 is 5.73 Å². The molecule has 0 saturated carbocycles. The van der Waals surface area contributed by atoms with Crippen molar-refractivity contribution in [3.8, 4) is 0 Å². The first-order valence-electron chi connectivity index (χ1n) is 5.22. The van der Waals surface area contributed by atoms with Crippen LogP contribution in [0.2, 0.25) is 0 Å². The van der Waals surface area contributed by atoms with Gasteiger partial charge in [-0.15, -0.1) is 0 Å². The fourth-order valence-corrected chi connectivity index (χ4v) is 3.46. The molecule has 19 heavy (non-hydrogen) atoms. The smallest absolute Gasteiger partial charge is 0.263 e. The Labute approximate surface area is 128 Å². The lowest BCUT2D eigenvalue weighted by Crippen LogP contribution is -2.14. The standard InChI is InChI=1S/C12H10Br2N2O2S/c13-8-1-4-10(5-2-8)16-19(17,18)12-7-9(14)3-6-11(12)15/h1-7,16H,15H2. The lowest BCUT2D eigenvalue weighted by atomic mass is 10.3. The summed E-state index contributed by atoms with van der Waals surface area (Å²) in [6.07, 6.45) is 0. The SMILES string of the molecule is Nc1ccc(Br)cc1S(=O)(=O)Nc1ccc(Br)cc1. The van der Waals surface area contributed by atoms with Gasteiger partial charge in [-0.2, -0.15) is 0 Å². The van der Waals surface area contributed by atoms with Crippen molar-refractivity contribution in [1.82, 2.24) is 0 Å². The van der Waals surface area contributed by atoms with Gasteiger partial charge in [-0.25, -0.2) is 8.42 Å². The van der Waals surface area contributed by atoms with Crippen LogP contribution in [0, 0.1) is 0 Å². The minimum atomic E-state index is -3.70. The average molecular weight is 406 g/mol. The summed E-state index contributed by atoms with van der Waals surface area (Å²) < 4.78 is 28.5. The Morgan fingerprint density at radius 3 is 2.16 bits per heavy atom. The number of nitrogen functional groups attached to an aromatic ring is 1. The van der Waals surface area contributed by atoms with Crippen LogP contribution >= 0.6 is 31.9 Å². The molecular formula is C12H10Br2N2O2S. The highest BCUT2D eigenvalue weighted by Crippen LogP contribution is 2.25. The maximum Gasteiger partial charge on any atom is 0.263 e. The normalized spacial score (nSPS) is 11.3. The number of benzene rings is 2. The molecule has 2 aromatic rings. The number of anilines is 2. The minimum Gasteiger partial charge on any atom is -0.398 e. The molecule has 0 fully saturated rings. The molecule has 0 radical (unpaired) electrons. The first-order chi connectivity index (χ1) is 8.88. The molecule has 2 aromatic carbocycles. The van der Waals surface area contributed by atoms with Crippen LogP contribution in [0.25, 0.3) is 0 Å². The van der Waals surface area contributed by atoms with Crippen molar-refractivity contribution in [3.05, 3.63) is 51.4 Å². The highest BCUT2D eigenvalue weighted by atomic mass is 79.9. The average Bonchev–Trinajstić information content (AvgIpc) is 2.35. The second-order valence-electron chi connectivity index (χ2n) is 3.79. The van der Waals surface area contributed by atoms with E-state index in [1.807, 2.05) is 0 Å². The van der Waals surface area contributed by atoms with Crippen LogP contribution in [0.5, 0.6) is 0 Å². The van der Waals surface area contributed by atoms with Gasteiger partial charge in [0.1, 0.15) is 4.90 Å². The molecule has 0 bridgehead atoms. The minimum absolute atomic E-state index is 0.0461. The topological polar surface area (TPSA) is 72.2 Å². The summed E-state index contributed by atoms with van der Waals surface area (Å²) in [5.74, 6) is 0. The molecule has 0 unspecified atom stereocenters. The van der Waals surface area contributed by atoms with Crippen molar-refractivity contribution < 1.29 is 8.42 Å². The number of halogens is 2. The van der Waals surface area contributed by atoms with Gasteiger partial charge >= 0.3 is 0 Å². The fraction of sp³-hybridized carbons (Fsp3) is 0. The van der Waals surface area contributed by atoms with E-state index in [-0.39, 0.29) is 10.6 Å². The Kier molecular flexibility index (Phi) is 4.17. The summed E-state index contributed by atoms with van der Waals surface area (Å²) in [7, 11) is -3.70. The van der Waals surface area contributed by atoms with Crippen LogP contribution in [-0.2, 0) is 10.0 Å². The third-order valence-corrected chi connectivity index (χ3v) is 4.82. The molecule has 2 rings (SSSR count). The number of rotatable bonds is 3. The van der Waals surface area contributed by atoms with E-state index in [1.165, 1.54) is 6.07 Å². The Bertz CT molecular complexity index is 700. The quantitative estimate of drug-likeness (QED) is 0.766. The van der Waals surface area contributed by atoms with Crippen LogP contribution in [0.3, 0.4) is 0 Å². The number of hydrogen-bond donors (Lipinski definition) is 2. The Morgan fingerprint density at radius 2 is 1.53 bits per heavy atom. The Balaban J connectivity index is 2.37. The van der Waals surface area contributed by atoms with Gasteiger partial charge in [0.05, 0.1) is 5.69 Å². The summed E-state index contributed by atoms with van der Waals surface area (Å²) in [5, 5.41) is 0. The van der Waals surface area contributed by atoms with Gasteiger partial charge in [-0.1, -0.05) is 31.9 Å². The van der Waals surface area contributed by atoms with Crippen LogP contribution in [0.4, 0.5) is 11.4 Å². The van der Waals surface area contributed by atoms with Gasteiger partial charge in [-0.05, 0) is 42.5 Å². The molecule has 0 atom stereocenters. The predicted molar refractivity (Wildman–Crippen MR) is 83.5 cm³/mol. The van der Waals surface area contributed by atoms with Crippen molar-refractivity contribution in [2.75, 3.05) is 10.5 Å². The third-order valence-electron chi connectivity index (χ3n) is 2.36. The molecule has 7 heteroatoms. The second kappa shape index (κ2) is 5.52. The van der Waals surface area contributed by atoms with Gasteiger partial charge in [0.15, 0.2) is 0 Å². The summed E-state index contributed by atoms with van der Waals surface area (Å²) in [4.78, 5) is 0.0461. The molecule has 100 valence electrons. The van der Waals surface area contributed by atoms with Crippen molar-refractivity contribution in [1.29, 1.82) is 0 Å². The Morgan fingerprint density at radius 1 is 0.947 bits per heavy atom. The molecule has 0 aliphatic rings. The van der Waals surface area contributed by atoms with E-state index < -0.39 is 10.0 Å². The molecule has 0 aromatic heterocycles. The lowest BCUT2D eigenvalue weighted by molar-refractivity contribution is 0.601. The molecule has 0 spiro atoms. The highest BCUT2D eigenvalue weighted by Gasteiger charge is 2.17. The molecule has 0 saturated heterocycles. The van der Waals surface area contributed by atoms with Crippen molar-refractivity contribution >= 4 is 53.3 Å². The van der Waals surface area contributed by atoms with E-state index >= 15 is 0 Å². The van der Waals surface area contributed by atoms with Gasteiger partial charge in [0.25, 0.3) is 10.0 Å². The Hall–Kier alpha value is -1.05. The van der Waals surface area contributed by atoms with E-state index in [9.17, 15) is 8.42 Å². The molecule has 0 aliphatic heterocycles. The van der Waals surface area contributed by atoms with Crippen LogP contribution in [0.1, 0.15) is 0 Å². The largest absolute Gasteiger partial charge is 0.398 e. The zero-order valence-electron chi connectivity index (χ0n) is 9.60. The number of hydrogen-bond acceptors (Lipinski definition) is 3. The molecule has 0 aliphatic carbocycles.